The van der Waals surface area contributed by atoms with Gasteiger partial charge >= 0.3 is 0 Å². The van der Waals surface area contributed by atoms with Crippen molar-refractivity contribution in [3.63, 3.8) is 0 Å². The lowest BCUT2D eigenvalue weighted by molar-refractivity contribution is -0.118. The molecule has 0 atom stereocenters. The van der Waals surface area contributed by atoms with E-state index in [1.165, 1.54) is 22.9 Å². The maximum Gasteiger partial charge on any atom is 0.230 e. The van der Waals surface area contributed by atoms with Gasteiger partial charge in [-0.1, -0.05) is 59.3 Å². The van der Waals surface area contributed by atoms with E-state index < -0.39 is 0 Å². The third-order valence-electron chi connectivity index (χ3n) is 4.66. The van der Waals surface area contributed by atoms with Gasteiger partial charge in [-0.2, -0.15) is 0 Å². The Kier molecular flexibility index (Phi) is 8.26. The molecule has 1 aromatic heterocycles. The van der Waals surface area contributed by atoms with E-state index in [4.69, 9.17) is 4.74 Å². The number of benzene rings is 2. The van der Waals surface area contributed by atoms with Crippen molar-refractivity contribution < 1.29 is 9.53 Å². The summed E-state index contributed by atoms with van der Waals surface area (Å²) in [6.07, 6.45) is 1.01. The number of hydrogen-bond donors (Lipinski definition) is 1. The minimum atomic E-state index is -0.0233. The molecular weight excluding hydrogens is 408 g/mol. The first-order chi connectivity index (χ1) is 14.9. The molecule has 3 aromatic rings. The second-order valence-corrected chi connectivity index (χ2v) is 8.70. The van der Waals surface area contributed by atoms with E-state index in [0.29, 0.717) is 18.3 Å². The molecule has 0 fully saturated rings. The quantitative estimate of drug-likeness (QED) is 0.371. The van der Waals surface area contributed by atoms with Crippen LogP contribution in [-0.4, -0.2) is 45.7 Å². The Hall–Kier alpha value is -2.64. The van der Waals surface area contributed by atoms with Crippen LogP contribution >= 0.6 is 11.8 Å². The number of aromatic nitrogens is 3. The number of carbonyl (C=O) groups is 1. The largest absolute Gasteiger partial charge is 0.379 e. The van der Waals surface area contributed by atoms with E-state index in [9.17, 15) is 4.79 Å². The molecule has 7 heteroatoms. The van der Waals surface area contributed by atoms with Crippen molar-refractivity contribution in [1.29, 1.82) is 0 Å². The van der Waals surface area contributed by atoms with Crippen LogP contribution < -0.4 is 5.32 Å². The number of aryl methyl sites for hydroxylation is 2. The van der Waals surface area contributed by atoms with Gasteiger partial charge in [0.1, 0.15) is 0 Å². The van der Waals surface area contributed by atoms with Gasteiger partial charge in [-0.3, -0.25) is 9.36 Å². The second kappa shape index (κ2) is 11.1. The normalized spacial score (nSPS) is 11.1. The molecule has 1 N–H and O–H groups in total. The second-order valence-electron chi connectivity index (χ2n) is 7.75. The summed E-state index contributed by atoms with van der Waals surface area (Å²) in [7, 11) is 0. The molecule has 1 heterocycles. The van der Waals surface area contributed by atoms with Crippen LogP contribution in [0.1, 0.15) is 31.4 Å². The summed E-state index contributed by atoms with van der Waals surface area (Å²) < 4.78 is 7.51. The number of nitrogens with zero attached hydrogens (tertiary/aromatic N) is 3. The van der Waals surface area contributed by atoms with Crippen LogP contribution in [0.5, 0.6) is 0 Å². The highest BCUT2D eigenvalue weighted by atomic mass is 32.2. The third kappa shape index (κ3) is 6.67. The molecule has 0 unspecified atom stereocenters. The van der Waals surface area contributed by atoms with Gasteiger partial charge in [0.05, 0.1) is 11.9 Å². The highest BCUT2D eigenvalue weighted by Crippen LogP contribution is 2.28. The summed E-state index contributed by atoms with van der Waals surface area (Å²) in [5.74, 6) is 1.02. The van der Waals surface area contributed by atoms with E-state index in [0.717, 1.165) is 23.5 Å². The summed E-state index contributed by atoms with van der Waals surface area (Å²) in [5, 5.41) is 12.5. The molecule has 2 aromatic carbocycles. The predicted octanol–water partition coefficient (Wildman–Crippen LogP) is 4.57. The summed E-state index contributed by atoms with van der Waals surface area (Å²) in [6, 6.07) is 16.4. The molecule has 31 heavy (non-hydrogen) atoms. The van der Waals surface area contributed by atoms with Crippen molar-refractivity contribution >= 4 is 17.7 Å². The molecule has 6 nitrogen and oxygen atoms in total. The fourth-order valence-electron chi connectivity index (χ4n) is 2.98. The smallest absolute Gasteiger partial charge is 0.230 e. The summed E-state index contributed by atoms with van der Waals surface area (Å²) >= 11 is 1.39. The zero-order valence-corrected chi connectivity index (χ0v) is 19.4. The fourth-order valence-corrected chi connectivity index (χ4v) is 3.76. The van der Waals surface area contributed by atoms with Crippen molar-refractivity contribution in [2.75, 3.05) is 18.9 Å². The number of ether oxygens (including phenoxy) is 1. The van der Waals surface area contributed by atoms with Gasteiger partial charge in [-0.05, 0) is 46.2 Å². The Morgan fingerprint density at radius 3 is 2.32 bits per heavy atom. The van der Waals surface area contributed by atoms with E-state index >= 15 is 0 Å². The molecule has 0 aliphatic heterocycles. The van der Waals surface area contributed by atoms with Crippen molar-refractivity contribution in [3.8, 4) is 17.1 Å². The van der Waals surface area contributed by atoms with Crippen LogP contribution in [-0.2, 0) is 9.53 Å². The van der Waals surface area contributed by atoms with Crippen LogP contribution in [0, 0.1) is 13.8 Å². The van der Waals surface area contributed by atoms with Gasteiger partial charge in [0, 0.05) is 24.4 Å². The zero-order chi connectivity index (χ0) is 22.2. The van der Waals surface area contributed by atoms with E-state index in [1.54, 1.807) is 0 Å². The monoisotopic (exact) mass is 438 g/mol. The number of hydrogen-bond acceptors (Lipinski definition) is 5. The van der Waals surface area contributed by atoms with Crippen LogP contribution in [0.25, 0.3) is 17.1 Å². The Morgan fingerprint density at radius 1 is 1.03 bits per heavy atom. The summed E-state index contributed by atoms with van der Waals surface area (Å²) in [4.78, 5) is 12.3. The van der Waals surface area contributed by atoms with Gasteiger partial charge in [-0.15, -0.1) is 10.2 Å². The van der Waals surface area contributed by atoms with Gasteiger partial charge in [-0.25, -0.2) is 0 Å². The Morgan fingerprint density at radius 2 is 1.68 bits per heavy atom. The van der Waals surface area contributed by atoms with Crippen molar-refractivity contribution in [2.45, 2.75) is 45.4 Å². The Labute approximate surface area is 188 Å². The minimum absolute atomic E-state index is 0.0233. The molecule has 0 saturated carbocycles. The average molecular weight is 439 g/mol. The number of amides is 1. The SMILES string of the molecule is Cc1ccc(-c2nnc(SCC(=O)NCCCOC(C)C)n2-c2ccc(C)cc2)cc1. The molecular formula is C24H30N4O2S. The van der Waals surface area contributed by atoms with Crippen LogP contribution in [0.15, 0.2) is 53.7 Å². The maximum atomic E-state index is 12.3. The molecule has 0 aliphatic carbocycles. The van der Waals surface area contributed by atoms with Gasteiger partial charge in [0.15, 0.2) is 11.0 Å². The van der Waals surface area contributed by atoms with E-state index in [1.807, 2.05) is 30.5 Å². The topological polar surface area (TPSA) is 69.0 Å². The first kappa shape index (κ1) is 23.0. The summed E-state index contributed by atoms with van der Waals surface area (Å²) in [5.41, 5.74) is 4.33. The molecule has 1 amide bonds. The molecule has 0 bridgehead atoms. The number of nitrogens with one attached hydrogen (secondary N) is 1. The van der Waals surface area contributed by atoms with E-state index in [-0.39, 0.29) is 17.8 Å². The third-order valence-corrected chi connectivity index (χ3v) is 5.59. The van der Waals surface area contributed by atoms with Gasteiger partial charge in [0.2, 0.25) is 5.91 Å². The van der Waals surface area contributed by atoms with Gasteiger partial charge in [0.25, 0.3) is 0 Å². The standard InChI is InChI=1S/C24H30N4O2S/c1-17(2)30-15-5-14-25-22(29)16-31-24-27-26-23(20-10-6-18(3)7-11-20)28(24)21-12-8-19(4)9-13-21/h6-13,17H,5,14-16H2,1-4H3,(H,25,29). The maximum absolute atomic E-state index is 12.3. The van der Waals surface area contributed by atoms with Crippen molar-refractivity contribution in [1.82, 2.24) is 20.1 Å². The molecule has 0 saturated heterocycles. The van der Waals surface area contributed by atoms with Crippen molar-refractivity contribution in [3.05, 3.63) is 59.7 Å². The van der Waals surface area contributed by atoms with E-state index in [2.05, 4.69) is 65.8 Å². The number of rotatable bonds is 10. The first-order valence-corrected chi connectivity index (χ1v) is 11.5. The lowest BCUT2D eigenvalue weighted by atomic mass is 10.1. The highest BCUT2D eigenvalue weighted by molar-refractivity contribution is 7.99. The lowest BCUT2D eigenvalue weighted by Gasteiger charge is -2.11. The summed E-state index contributed by atoms with van der Waals surface area (Å²) in [6.45, 7) is 9.37. The Bertz CT molecular complexity index is 982. The van der Waals surface area contributed by atoms with Gasteiger partial charge < -0.3 is 10.1 Å². The highest BCUT2D eigenvalue weighted by Gasteiger charge is 2.17. The Balaban J connectivity index is 1.72. The molecule has 0 spiro atoms. The van der Waals surface area contributed by atoms with Crippen LogP contribution in [0.3, 0.4) is 0 Å². The number of carbonyl (C=O) groups excluding carboxylic acids is 1. The predicted molar refractivity (Wildman–Crippen MR) is 126 cm³/mol. The van der Waals surface area contributed by atoms with Crippen LogP contribution in [0.2, 0.25) is 0 Å². The van der Waals surface area contributed by atoms with Crippen molar-refractivity contribution in [2.24, 2.45) is 0 Å². The molecule has 164 valence electrons. The molecule has 0 aliphatic rings. The van der Waals surface area contributed by atoms with Crippen LogP contribution in [0.4, 0.5) is 0 Å². The minimum Gasteiger partial charge on any atom is -0.379 e. The zero-order valence-electron chi connectivity index (χ0n) is 18.6. The lowest BCUT2D eigenvalue weighted by Crippen LogP contribution is -2.27. The number of thioether (sulfide) groups is 1. The fraction of sp³-hybridized carbons (Fsp3) is 0.375. The molecule has 3 rings (SSSR count). The molecule has 0 radical (unpaired) electrons. The average Bonchev–Trinajstić information content (AvgIpc) is 3.17. The first-order valence-electron chi connectivity index (χ1n) is 10.5.